The van der Waals surface area contributed by atoms with Crippen molar-refractivity contribution in [3.63, 3.8) is 0 Å². The molecule has 2 amide bonds. The summed E-state index contributed by atoms with van der Waals surface area (Å²) in [5.41, 5.74) is -0.0422. The second-order valence-corrected chi connectivity index (χ2v) is 10.3. The van der Waals surface area contributed by atoms with Gasteiger partial charge in [-0.15, -0.1) is 10.2 Å². The molecular formula is C26H34FN7O4. The molecule has 2 aromatic heterocycles. The molecule has 3 heterocycles. The number of halogens is 1. The molecule has 1 N–H and O–H groups in total. The lowest BCUT2D eigenvalue weighted by molar-refractivity contribution is -0.142. The number of tetrazole rings is 1. The van der Waals surface area contributed by atoms with Gasteiger partial charge in [0.05, 0.1) is 13.2 Å². The van der Waals surface area contributed by atoms with E-state index < -0.39 is 17.4 Å². The number of amides is 2. The number of hydrogen-bond acceptors (Lipinski definition) is 8. The van der Waals surface area contributed by atoms with Crippen LogP contribution in [0.4, 0.5) is 4.39 Å². The van der Waals surface area contributed by atoms with Crippen molar-refractivity contribution in [2.24, 2.45) is 0 Å². The third-order valence-corrected chi connectivity index (χ3v) is 6.02. The Balaban J connectivity index is 1.62. The van der Waals surface area contributed by atoms with Crippen LogP contribution in [0.5, 0.6) is 0 Å². The van der Waals surface area contributed by atoms with E-state index in [1.807, 2.05) is 27.7 Å². The molecule has 1 saturated heterocycles. The Labute approximate surface area is 220 Å². The second-order valence-electron chi connectivity index (χ2n) is 10.3. The van der Waals surface area contributed by atoms with E-state index >= 15 is 0 Å². The first kappa shape index (κ1) is 27.4. The van der Waals surface area contributed by atoms with Crippen LogP contribution < -0.4 is 5.32 Å². The Morgan fingerprint density at radius 2 is 1.84 bits per heavy atom. The summed E-state index contributed by atoms with van der Waals surface area (Å²) in [5.74, 6) is 0.232. The summed E-state index contributed by atoms with van der Waals surface area (Å²) < 4.78 is 24.8. The lowest BCUT2D eigenvalue weighted by Crippen LogP contribution is -2.52. The number of carbonyl (C=O) groups excluding carboxylic acids is 2. The van der Waals surface area contributed by atoms with Crippen LogP contribution >= 0.6 is 0 Å². The van der Waals surface area contributed by atoms with Gasteiger partial charge < -0.3 is 19.4 Å². The fourth-order valence-electron chi connectivity index (χ4n) is 4.20. The molecule has 12 heteroatoms. The van der Waals surface area contributed by atoms with Gasteiger partial charge >= 0.3 is 0 Å². The number of nitrogens with one attached hydrogen (secondary N) is 1. The third-order valence-electron chi connectivity index (χ3n) is 6.02. The molecule has 0 saturated carbocycles. The van der Waals surface area contributed by atoms with Gasteiger partial charge in [0, 0.05) is 31.7 Å². The lowest BCUT2D eigenvalue weighted by atomic mass is 10.0. The molecule has 1 aromatic carbocycles. The van der Waals surface area contributed by atoms with Gasteiger partial charge in [0.15, 0.2) is 5.76 Å². The minimum Gasteiger partial charge on any atom is -0.458 e. The molecule has 0 radical (unpaired) electrons. The van der Waals surface area contributed by atoms with E-state index in [1.165, 1.54) is 34.0 Å². The maximum absolute atomic E-state index is 13.8. The standard InChI is InChI=1S/C26H34FN7O4/c1-18-5-10-21(38-18)24-29-31-34(30-24)17-22(35)33(12-11-32-13-15-37-16-14-32)23(25(36)28-26(2,3)4)19-6-8-20(27)9-7-19/h5-10,23H,11-17H2,1-4H3,(H,28,36)/t23-/m1/s1. The Morgan fingerprint density at radius 3 is 2.47 bits per heavy atom. The molecule has 1 aliphatic heterocycles. The zero-order valence-corrected chi connectivity index (χ0v) is 22.2. The SMILES string of the molecule is Cc1ccc(-c2nnn(CC(=O)N(CCN3CCOCC3)[C@@H](C(=O)NC(C)(C)C)c3ccc(F)cc3)n2)o1. The zero-order valence-electron chi connectivity index (χ0n) is 22.2. The molecular weight excluding hydrogens is 493 g/mol. The van der Waals surface area contributed by atoms with Crippen molar-refractivity contribution in [3.8, 4) is 11.6 Å². The van der Waals surface area contributed by atoms with Crippen LogP contribution in [0, 0.1) is 12.7 Å². The normalized spacial score (nSPS) is 15.3. The number of furan rings is 1. The number of benzene rings is 1. The topological polar surface area (TPSA) is 119 Å². The number of morpholine rings is 1. The fourth-order valence-corrected chi connectivity index (χ4v) is 4.20. The predicted octanol–water partition coefficient (Wildman–Crippen LogP) is 2.20. The first-order valence-electron chi connectivity index (χ1n) is 12.6. The van der Waals surface area contributed by atoms with E-state index in [0.717, 1.165) is 13.1 Å². The van der Waals surface area contributed by atoms with Crippen LogP contribution in [0.1, 0.15) is 38.1 Å². The Morgan fingerprint density at radius 1 is 1.13 bits per heavy atom. The van der Waals surface area contributed by atoms with Crippen LogP contribution in [-0.2, 0) is 20.9 Å². The van der Waals surface area contributed by atoms with Crippen molar-refractivity contribution in [1.29, 1.82) is 0 Å². The van der Waals surface area contributed by atoms with Gasteiger partial charge in [0.1, 0.15) is 24.2 Å². The van der Waals surface area contributed by atoms with E-state index in [4.69, 9.17) is 9.15 Å². The average Bonchev–Trinajstić information content (AvgIpc) is 3.51. The van der Waals surface area contributed by atoms with Gasteiger partial charge in [-0.25, -0.2) is 4.39 Å². The maximum atomic E-state index is 13.8. The number of nitrogens with zero attached hydrogens (tertiary/aromatic N) is 6. The van der Waals surface area contributed by atoms with Crippen molar-refractivity contribution in [2.45, 2.75) is 45.8 Å². The number of aryl methyl sites for hydroxylation is 1. The van der Waals surface area contributed by atoms with Crippen LogP contribution in [-0.4, -0.2) is 86.8 Å². The van der Waals surface area contributed by atoms with Crippen LogP contribution in [0.3, 0.4) is 0 Å². The molecule has 4 rings (SSSR count). The summed E-state index contributed by atoms with van der Waals surface area (Å²) >= 11 is 0. The number of rotatable bonds is 9. The Kier molecular flexibility index (Phi) is 8.52. The molecule has 0 spiro atoms. The summed E-state index contributed by atoms with van der Waals surface area (Å²) in [6.07, 6.45) is 0. The highest BCUT2D eigenvalue weighted by molar-refractivity contribution is 5.89. The van der Waals surface area contributed by atoms with Crippen molar-refractivity contribution < 1.29 is 23.1 Å². The van der Waals surface area contributed by atoms with Crippen LogP contribution in [0.25, 0.3) is 11.6 Å². The molecule has 1 fully saturated rings. The number of aromatic nitrogens is 4. The van der Waals surface area contributed by atoms with E-state index in [2.05, 4.69) is 25.6 Å². The van der Waals surface area contributed by atoms with Gasteiger partial charge in [0.2, 0.25) is 17.6 Å². The molecule has 11 nitrogen and oxygen atoms in total. The molecule has 0 unspecified atom stereocenters. The third kappa shape index (κ3) is 7.23. The summed E-state index contributed by atoms with van der Waals surface area (Å²) in [6.45, 7) is 10.6. The molecule has 0 aliphatic carbocycles. The number of carbonyl (C=O) groups is 2. The van der Waals surface area contributed by atoms with Gasteiger partial charge in [0.25, 0.3) is 0 Å². The van der Waals surface area contributed by atoms with Crippen molar-refractivity contribution in [2.75, 3.05) is 39.4 Å². The molecule has 38 heavy (non-hydrogen) atoms. The molecule has 3 aromatic rings. The summed E-state index contributed by atoms with van der Waals surface area (Å²) in [6, 6.07) is 8.16. The predicted molar refractivity (Wildman–Crippen MR) is 136 cm³/mol. The maximum Gasteiger partial charge on any atom is 0.247 e. The average molecular weight is 528 g/mol. The number of hydrogen-bond donors (Lipinski definition) is 1. The molecule has 0 bridgehead atoms. The minimum atomic E-state index is -0.987. The lowest BCUT2D eigenvalue weighted by Gasteiger charge is -2.35. The minimum absolute atomic E-state index is 0.240. The van der Waals surface area contributed by atoms with E-state index in [1.54, 1.807) is 12.1 Å². The smallest absolute Gasteiger partial charge is 0.247 e. The Bertz CT molecular complexity index is 1230. The van der Waals surface area contributed by atoms with Gasteiger partial charge in [-0.2, -0.15) is 4.80 Å². The van der Waals surface area contributed by atoms with Gasteiger partial charge in [-0.1, -0.05) is 12.1 Å². The van der Waals surface area contributed by atoms with Crippen LogP contribution in [0.2, 0.25) is 0 Å². The summed E-state index contributed by atoms with van der Waals surface area (Å²) in [4.78, 5) is 32.2. The van der Waals surface area contributed by atoms with Crippen molar-refractivity contribution >= 4 is 11.8 Å². The van der Waals surface area contributed by atoms with Gasteiger partial charge in [-0.3, -0.25) is 14.5 Å². The second kappa shape index (κ2) is 11.8. The Hall–Kier alpha value is -3.64. The molecule has 204 valence electrons. The van der Waals surface area contributed by atoms with E-state index in [9.17, 15) is 14.0 Å². The van der Waals surface area contributed by atoms with Crippen LogP contribution in [0.15, 0.2) is 40.8 Å². The summed E-state index contributed by atoms with van der Waals surface area (Å²) in [7, 11) is 0. The summed E-state index contributed by atoms with van der Waals surface area (Å²) in [5, 5.41) is 15.3. The molecule has 1 atom stereocenters. The largest absolute Gasteiger partial charge is 0.458 e. The van der Waals surface area contributed by atoms with E-state index in [-0.39, 0.29) is 30.7 Å². The van der Waals surface area contributed by atoms with E-state index in [0.29, 0.717) is 36.8 Å². The number of ether oxygens (including phenoxy) is 1. The highest BCUT2D eigenvalue weighted by Crippen LogP contribution is 2.24. The molecule has 1 aliphatic rings. The zero-order chi connectivity index (χ0) is 27.3. The fraction of sp³-hybridized carbons (Fsp3) is 0.500. The van der Waals surface area contributed by atoms with Gasteiger partial charge in [-0.05, 0) is 62.7 Å². The first-order chi connectivity index (χ1) is 18.1. The first-order valence-corrected chi connectivity index (χ1v) is 12.6. The quantitative estimate of drug-likeness (QED) is 0.450. The highest BCUT2D eigenvalue weighted by atomic mass is 19.1. The highest BCUT2D eigenvalue weighted by Gasteiger charge is 2.34. The monoisotopic (exact) mass is 527 g/mol. The van der Waals surface area contributed by atoms with Crippen molar-refractivity contribution in [3.05, 3.63) is 53.5 Å². The van der Waals surface area contributed by atoms with Crippen molar-refractivity contribution in [1.82, 2.24) is 35.3 Å².